The number of rotatable bonds is 5. The number of thiophene rings is 1. The largest absolute Gasteiger partial charge is 0.484 e. The zero-order valence-corrected chi connectivity index (χ0v) is 17.5. The lowest BCUT2D eigenvalue weighted by molar-refractivity contribution is -0.118. The van der Waals surface area contributed by atoms with Gasteiger partial charge in [0.1, 0.15) is 16.3 Å². The van der Waals surface area contributed by atoms with Gasteiger partial charge in [-0.1, -0.05) is 0 Å². The monoisotopic (exact) mass is 427 g/mol. The second kappa shape index (κ2) is 8.31. The fourth-order valence-corrected chi connectivity index (χ4v) is 4.97. The lowest BCUT2D eigenvalue weighted by atomic mass is 9.95. The third-order valence-corrected chi connectivity index (χ3v) is 6.31. The molecule has 0 unspecified atom stereocenters. The van der Waals surface area contributed by atoms with E-state index in [0.29, 0.717) is 21.9 Å². The average Bonchev–Trinajstić information content (AvgIpc) is 3.09. The summed E-state index contributed by atoms with van der Waals surface area (Å²) >= 11 is 1.42. The first kappa shape index (κ1) is 20.2. The predicted molar refractivity (Wildman–Crippen MR) is 114 cm³/mol. The van der Waals surface area contributed by atoms with Gasteiger partial charge in [-0.2, -0.15) is 0 Å². The lowest BCUT2D eigenvalue weighted by Crippen LogP contribution is -2.21. The molecule has 0 atom stereocenters. The Morgan fingerprint density at radius 1 is 1.20 bits per heavy atom. The van der Waals surface area contributed by atoms with Gasteiger partial charge in [-0.3, -0.25) is 4.79 Å². The van der Waals surface area contributed by atoms with E-state index in [9.17, 15) is 14.4 Å². The maximum absolute atomic E-state index is 12.5. The lowest BCUT2D eigenvalue weighted by Gasteiger charge is -2.12. The number of benzene rings is 1. The minimum atomic E-state index is -0.439. The molecule has 1 N–H and O–H groups in total. The number of fused-ring (bicyclic) bond motifs is 2. The van der Waals surface area contributed by atoms with Crippen molar-refractivity contribution in [1.29, 1.82) is 0 Å². The molecule has 0 saturated carbocycles. The molecule has 1 aliphatic rings. The van der Waals surface area contributed by atoms with Crippen LogP contribution in [0.2, 0.25) is 0 Å². The van der Waals surface area contributed by atoms with Gasteiger partial charge >= 0.3 is 11.6 Å². The van der Waals surface area contributed by atoms with Gasteiger partial charge < -0.3 is 19.2 Å². The number of ether oxygens (including phenoxy) is 2. The van der Waals surface area contributed by atoms with Crippen LogP contribution in [0.15, 0.2) is 33.5 Å². The van der Waals surface area contributed by atoms with Crippen molar-refractivity contribution in [2.45, 2.75) is 32.6 Å². The average molecular weight is 427 g/mol. The van der Waals surface area contributed by atoms with Crippen molar-refractivity contribution in [3.8, 4) is 5.75 Å². The Morgan fingerprint density at radius 2 is 2.00 bits per heavy atom. The minimum absolute atomic E-state index is 0.245. The molecule has 3 aromatic rings. The summed E-state index contributed by atoms with van der Waals surface area (Å²) < 4.78 is 15.7. The van der Waals surface area contributed by atoms with Crippen molar-refractivity contribution in [3.05, 3.63) is 56.3 Å². The fraction of sp³-hybridized carbons (Fsp3) is 0.318. The molecule has 0 bridgehead atoms. The van der Waals surface area contributed by atoms with Crippen molar-refractivity contribution in [3.63, 3.8) is 0 Å². The molecule has 2 aromatic heterocycles. The third kappa shape index (κ3) is 3.95. The number of hydrogen-bond acceptors (Lipinski definition) is 7. The highest BCUT2D eigenvalue weighted by Gasteiger charge is 2.27. The van der Waals surface area contributed by atoms with Gasteiger partial charge in [-0.15, -0.1) is 11.3 Å². The van der Waals surface area contributed by atoms with E-state index in [1.165, 1.54) is 24.5 Å². The summed E-state index contributed by atoms with van der Waals surface area (Å²) in [5.41, 5.74) is 2.20. The van der Waals surface area contributed by atoms with E-state index in [1.54, 1.807) is 18.2 Å². The van der Waals surface area contributed by atoms with Gasteiger partial charge in [0.15, 0.2) is 6.61 Å². The Hall–Kier alpha value is -3.13. The fourth-order valence-electron chi connectivity index (χ4n) is 3.68. The van der Waals surface area contributed by atoms with Crippen molar-refractivity contribution >= 4 is 39.2 Å². The van der Waals surface area contributed by atoms with Crippen LogP contribution in [0.4, 0.5) is 5.00 Å². The second-order valence-corrected chi connectivity index (χ2v) is 8.26. The quantitative estimate of drug-likeness (QED) is 0.491. The molecule has 4 rings (SSSR count). The zero-order chi connectivity index (χ0) is 21.3. The van der Waals surface area contributed by atoms with E-state index < -0.39 is 11.6 Å². The molecule has 0 saturated heterocycles. The van der Waals surface area contributed by atoms with Crippen LogP contribution in [0.3, 0.4) is 0 Å². The number of carbonyl (C=O) groups excluding carboxylic acids is 2. The minimum Gasteiger partial charge on any atom is -0.484 e. The summed E-state index contributed by atoms with van der Waals surface area (Å²) in [7, 11) is 1.34. The number of carbonyl (C=O) groups is 2. The number of amides is 1. The van der Waals surface area contributed by atoms with E-state index >= 15 is 0 Å². The maximum atomic E-state index is 12.5. The van der Waals surface area contributed by atoms with Gasteiger partial charge in [-0.05, 0) is 55.9 Å². The molecule has 1 aromatic carbocycles. The van der Waals surface area contributed by atoms with Crippen LogP contribution in [0.25, 0.3) is 11.0 Å². The summed E-state index contributed by atoms with van der Waals surface area (Å²) in [4.78, 5) is 37.4. The topological polar surface area (TPSA) is 94.8 Å². The van der Waals surface area contributed by atoms with Crippen molar-refractivity contribution < 1.29 is 23.5 Å². The molecule has 0 fully saturated rings. The summed E-state index contributed by atoms with van der Waals surface area (Å²) in [6, 6.07) is 6.51. The van der Waals surface area contributed by atoms with Crippen LogP contribution in [-0.2, 0) is 22.4 Å². The number of esters is 1. The molecule has 156 valence electrons. The molecule has 0 aliphatic heterocycles. The van der Waals surface area contributed by atoms with Gasteiger partial charge in [0, 0.05) is 22.4 Å². The van der Waals surface area contributed by atoms with Crippen molar-refractivity contribution in [2.75, 3.05) is 19.0 Å². The Bertz CT molecular complexity index is 1190. The molecule has 30 heavy (non-hydrogen) atoms. The zero-order valence-electron chi connectivity index (χ0n) is 16.7. The third-order valence-electron chi connectivity index (χ3n) is 5.11. The molecule has 0 spiro atoms. The summed E-state index contributed by atoms with van der Waals surface area (Å²) in [5, 5.41) is 4.10. The van der Waals surface area contributed by atoms with E-state index in [-0.39, 0.29) is 12.5 Å². The van der Waals surface area contributed by atoms with Crippen LogP contribution >= 0.6 is 11.3 Å². The first-order chi connectivity index (χ1) is 14.5. The second-order valence-electron chi connectivity index (χ2n) is 7.15. The van der Waals surface area contributed by atoms with Crippen LogP contribution in [0.5, 0.6) is 5.75 Å². The van der Waals surface area contributed by atoms with E-state index in [2.05, 4.69) is 5.32 Å². The van der Waals surface area contributed by atoms with Crippen LogP contribution < -0.4 is 15.7 Å². The number of methoxy groups -OCH3 is 1. The summed E-state index contributed by atoms with van der Waals surface area (Å²) in [6.45, 7) is 1.58. The van der Waals surface area contributed by atoms with Crippen molar-refractivity contribution in [2.24, 2.45) is 0 Å². The highest BCUT2D eigenvalue weighted by atomic mass is 32.1. The van der Waals surface area contributed by atoms with E-state index in [0.717, 1.165) is 47.1 Å². The Morgan fingerprint density at radius 3 is 2.80 bits per heavy atom. The van der Waals surface area contributed by atoms with Gasteiger partial charge in [0.25, 0.3) is 5.91 Å². The number of hydrogen-bond donors (Lipinski definition) is 1. The first-order valence-corrected chi connectivity index (χ1v) is 10.5. The number of aryl methyl sites for hydroxylation is 2. The highest BCUT2D eigenvalue weighted by molar-refractivity contribution is 7.17. The van der Waals surface area contributed by atoms with Crippen LogP contribution in [0, 0.1) is 6.92 Å². The molecule has 1 amide bonds. The van der Waals surface area contributed by atoms with Gasteiger partial charge in [0.05, 0.1) is 12.7 Å². The normalized spacial score (nSPS) is 13.0. The Kier molecular flexibility index (Phi) is 5.59. The molecular weight excluding hydrogens is 406 g/mol. The SMILES string of the molecule is COC(=O)c1c(NC(=O)COc2ccc3c(C)cc(=O)oc3c2)sc2c1CCCC2. The highest BCUT2D eigenvalue weighted by Crippen LogP contribution is 2.38. The standard InChI is InChI=1S/C22H21NO6S/c1-12-9-19(25)29-16-10-13(7-8-14(12)16)28-11-18(24)23-21-20(22(26)27-2)15-5-3-4-6-17(15)30-21/h7-10H,3-6,11H2,1-2H3,(H,23,24). The Labute approximate surface area is 176 Å². The van der Waals surface area contributed by atoms with Gasteiger partial charge in [-0.25, -0.2) is 9.59 Å². The number of anilines is 1. The number of nitrogens with one attached hydrogen (secondary N) is 1. The smallest absolute Gasteiger partial charge is 0.341 e. The summed E-state index contributed by atoms with van der Waals surface area (Å²) in [5.74, 6) is -0.417. The molecular formula is C22H21NO6S. The van der Waals surface area contributed by atoms with E-state index in [1.807, 2.05) is 6.92 Å². The van der Waals surface area contributed by atoms with Gasteiger partial charge in [0.2, 0.25) is 0 Å². The molecule has 8 heteroatoms. The first-order valence-electron chi connectivity index (χ1n) is 9.66. The van der Waals surface area contributed by atoms with E-state index in [4.69, 9.17) is 13.9 Å². The van der Waals surface area contributed by atoms with Crippen LogP contribution in [0.1, 0.15) is 39.2 Å². The molecule has 0 radical (unpaired) electrons. The predicted octanol–water partition coefficient (Wildman–Crippen LogP) is 3.85. The summed E-state index contributed by atoms with van der Waals surface area (Å²) in [6.07, 6.45) is 3.80. The van der Waals surface area contributed by atoms with Crippen molar-refractivity contribution in [1.82, 2.24) is 0 Å². The Balaban J connectivity index is 1.49. The molecule has 7 nitrogen and oxygen atoms in total. The maximum Gasteiger partial charge on any atom is 0.341 e. The van der Waals surface area contributed by atoms with Crippen LogP contribution in [-0.4, -0.2) is 25.6 Å². The molecule has 1 aliphatic carbocycles. The molecule has 2 heterocycles.